The average molecular weight is 539 g/mol. The van der Waals surface area contributed by atoms with Gasteiger partial charge in [-0.3, -0.25) is 19.3 Å². The second kappa shape index (κ2) is 9.75. The lowest BCUT2D eigenvalue weighted by Gasteiger charge is -2.45. The highest BCUT2D eigenvalue weighted by Gasteiger charge is 2.62. The molecule has 3 aromatic carbocycles. The largest absolute Gasteiger partial charge is 0.465 e. The van der Waals surface area contributed by atoms with E-state index in [1.807, 2.05) is 48.5 Å². The summed E-state index contributed by atoms with van der Waals surface area (Å²) in [6, 6.07) is 20.6. The van der Waals surface area contributed by atoms with Crippen molar-refractivity contribution in [2.75, 3.05) is 19.0 Å². The molecule has 3 amide bonds. The zero-order valence-corrected chi connectivity index (χ0v) is 21.8. The summed E-state index contributed by atoms with van der Waals surface area (Å²) in [5, 5.41) is 2.57. The van der Waals surface area contributed by atoms with E-state index >= 15 is 0 Å². The monoisotopic (exact) mass is 538 g/mol. The molecule has 7 rings (SSSR count). The van der Waals surface area contributed by atoms with Crippen LogP contribution in [0.1, 0.15) is 51.4 Å². The Morgan fingerprint density at radius 3 is 1.73 bits per heavy atom. The molecule has 3 aromatic rings. The van der Waals surface area contributed by atoms with E-state index in [2.05, 4.69) is 10.1 Å². The van der Waals surface area contributed by atoms with Crippen molar-refractivity contribution < 1.29 is 33.4 Å². The van der Waals surface area contributed by atoms with Gasteiger partial charge in [-0.05, 0) is 53.4 Å². The fraction of sp³-hybridized carbons (Fsp3) is 0.258. The van der Waals surface area contributed by atoms with Crippen LogP contribution in [0, 0.1) is 11.8 Å². The Hall–Kier alpha value is -4.79. The average Bonchev–Trinajstić information content (AvgIpc) is 3.25. The Morgan fingerprint density at radius 1 is 0.800 bits per heavy atom. The number of carbonyl (C=O) groups is 5. The van der Waals surface area contributed by atoms with Crippen molar-refractivity contribution in [2.24, 2.45) is 11.8 Å². The molecule has 0 aromatic heterocycles. The number of hydrogen-bond donors (Lipinski definition) is 1. The lowest BCUT2D eigenvalue weighted by atomic mass is 9.55. The van der Waals surface area contributed by atoms with Crippen LogP contribution < -0.4 is 5.32 Å². The zero-order chi connectivity index (χ0) is 28.1. The van der Waals surface area contributed by atoms with Crippen LogP contribution in [0.3, 0.4) is 0 Å². The van der Waals surface area contributed by atoms with Crippen LogP contribution in [0.2, 0.25) is 0 Å². The molecule has 9 nitrogen and oxygen atoms in total. The van der Waals surface area contributed by atoms with Gasteiger partial charge in [-0.2, -0.15) is 0 Å². The molecule has 202 valence electrons. The Balaban J connectivity index is 1.16. The number of carbonyl (C=O) groups excluding carboxylic acids is 5. The Labute approximate surface area is 230 Å². The maximum Gasteiger partial charge on any atom is 0.337 e. The predicted octanol–water partition coefficient (Wildman–Crippen LogP) is 3.24. The normalized spacial score (nSPS) is 22.6. The fourth-order valence-electron chi connectivity index (χ4n) is 6.45. The van der Waals surface area contributed by atoms with E-state index in [0.29, 0.717) is 11.3 Å². The number of nitrogens with one attached hydrogen (secondary N) is 1. The van der Waals surface area contributed by atoms with Gasteiger partial charge in [0.1, 0.15) is 6.04 Å². The first-order valence-electron chi connectivity index (χ1n) is 13.0. The summed E-state index contributed by atoms with van der Waals surface area (Å²) in [6.07, 6.45) is 0. The highest BCUT2D eigenvalue weighted by atomic mass is 16.5. The van der Waals surface area contributed by atoms with Gasteiger partial charge in [0, 0.05) is 17.5 Å². The maximum atomic E-state index is 13.8. The van der Waals surface area contributed by atoms with E-state index in [-0.39, 0.29) is 11.8 Å². The van der Waals surface area contributed by atoms with E-state index in [9.17, 15) is 24.0 Å². The highest BCUT2D eigenvalue weighted by Crippen LogP contribution is 2.61. The molecule has 40 heavy (non-hydrogen) atoms. The van der Waals surface area contributed by atoms with Crippen molar-refractivity contribution in [2.45, 2.75) is 24.8 Å². The third kappa shape index (κ3) is 3.88. The molecule has 3 atom stereocenters. The molecule has 0 radical (unpaired) electrons. The van der Waals surface area contributed by atoms with Crippen LogP contribution in [-0.2, 0) is 28.7 Å². The first kappa shape index (κ1) is 25.5. The first-order chi connectivity index (χ1) is 19.3. The summed E-state index contributed by atoms with van der Waals surface area (Å²) in [5.74, 6) is -4.51. The summed E-state index contributed by atoms with van der Waals surface area (Å²) in [5.41, 5.74) is 4.89. The number of imide groups is 1. The topological polar surface area (TPSA) is 119 Å². The van der Waals surface area contributed by atoms with Gasteiger partial charge in [0.25, 0.3) is 5.91 Å². The van der Waals surface area contributed by atoms with Crippen LogP contribution in [0.15, 0.2) is 72.8 Å². The number of likely N-dealkylation sites (tertiary alicyclic amines) is 1. The van der Waals surface area contributed by atoms with Gasteiger partial charge in [-0.25, -0.2) is 9.59 Å². The molecule has 0 saturated carbocycles. The third-order valence-corrected chi connectivity index (χ3v) is 8.15. The zero-order valence-electron chi connectivity index (χ0n) is 21.8. The minimum Gasteiger partial charge on any atom is -0.465 e. The second-order valence-electron chi connectivity index (χ2n) is 10.2. The molecular weight excluding hydrogens is 512 g/mol. The molecule has 4 aliphatic rings. The summed E-state index contributed by atoms with van der Waals surface area (Å²) >= 11 is 0. The molecule has 9 heteroatoms. The summed E-state index contributed by atoms with van der Waals surface area (Å²) in [7, 11) is 1.27. The Bertz CT molecular complexity index is 1450. The van der Waals surface area contributed by atoms with Crippen LogP contribution in [0.25, 0.3) is 0 Å². The van der Waals surface area contributed by atoms with Gasteiger partial charge in [0.15, 0.2) is 6.61 Å². The Kier molecular flexibility index (Phi) is 6.21. The van der Waals surface area contributed by atoms with Crippen LogP contribution >= 0.6 is 0 Å². The van der Waals surface area contributed by atoms with Gasteiger partial charge in [0.05, 0.1) is 24.5 Å². The van der Waals surface area contributed by atoms with Crippen LogP contribution in [-0.4, -0.2) is 54.3 Å². The van der Waals surface area contributed by atoms with E-state index < -0.39 is 54.1 Å². The molecule has 0 spiro atoms. The van der Waals surface area contributed by atoms with Gasteiger partial charge in [-0.15, -0.1) is 0 Å². The van der Waals surface area contributed by atoms with Gasteiger partial charge < -0.3 is 14.8 Å². The van der Waals surface area contributed by atoms with Crippen molar-refractivity contribution in [3.05, 3.63) is 101 Å². The van der Waals surface area contributed by atoms with E-state index in [0.717, 1.165) is 27.2 Å². The fourth-order valence-corrected chi connectivity index (χ4v) is 6.45. The van der Waals surface area contributed by atoms with E-state index in [1.165, 1.54) is 38.3 Å². The SMILES string of the molecule is COC(=O)c1ccc(NC(=O)COC(=O)[C@H](C)N2C(=O)[C@@H]3C4c5ccccc5C(c5ccccc54)[C@@H]3C2=O)cc1. The highest BCUT2D eigenvalue weighted by molar-refractivity contribution is 6.10. The number of esters is 2. The third-order valence-electron chi connectivity index (χ3n) is 8.15. The number of anilines is 1. The number of benzene rings is 3. The molecule has 1 saturated heterocycles. The number of methoxy groups -OCH3 is 1. The molecule has 1 N–H and O–H groups in total. The Morgan fingerprint density at radius 2 is 1.27 bits per heavy atom. The number of nitrogens with zero attached hydrogens (tertiary/aromatic N) is 1. The second-order valence-corrected chi connectivity index (χ2v) is 10.2. The smallest absolute Gasteiger partial charge is 0.337 e. The van der Waals surface area contributed by atoms with Gasteiger partial charge >= 0.3 is 11.9 Å². The van der Waals surface area contributed by atoms with Crippen molar-refractivity contribution in [3.63, 3.8) is 0 Å². The lowest BCUT2D eigenvalue weighted by Crippen LogP contribution is -2.45. The van der Waals surface area contributed by atoms with Crippen LogP contribution in [0.4, 0.5) is 5.69 Å². The molecule has 1 aliphatic heterocycles. The standard InChI is InChI=1S/C31H26N2O7/c1-16(30(37)40-15-23(34)32-18-13-11-17(12-14-18)31(38)39-2)33-28(35)26-24-19-7-3-4-8-20(19)25(27(26)29(33)36)22-10-6-5-9-21(22)24/h3-14,16,24-27H,15H2,1-2H3,(H,32,34)/t16-,24?,25?,26-,27+/m0/s1. The molecule has 2 bridgehead atoms. The van der Waals surface area contributed by atoms with Crippen molar-refractivity contribution in [3.8, 4) is 0 Å². The first-order valence-corrected chi connectivity index (χ1v) is 13.0. The van der Waals surface area contributed by atoms with Gasteiger partial charge in [-0.1, -0.05) is 48.5 Å². The van der Waals surface area contributed by atoms with Crippen LogP contribution in [0.5, 0.6) is 0 Å². The molecule has 3 aliphatic carbocycles. The van der Waals surface area contributed by atoms with E-state index in [4.69, 9.17) is 4.74 Å². The lowest BCUT2D eigenvalue weighted by molar-refractivity contribution is -0.159. The minimum atomic E-state index is -1.19. The quantitative estimate of drug-likeness (QED) is 0.378. The van der Waals surface area contributed by atoms with Crippen molar-refractivity contribution in [1.82, 2.24) is 4.90 Å². The molecule has 1 fully saturated rings. The maximum absolute atomic E-state index is 13.8. The van der Waals surface area contributed by atoms with Gasteiger partial charge in [0.2, 0.25) is 11.8 Å². The number of hydrogen-bond acceptors (Lipinski definition) is 7. The minimum absolute atomic E-state index is 0.275. The van der Waals surface area contributed by atoms with E-state index in [1.54, 1.807) is 0 Å². The summed E-state index contributed by atoms with van der Waals surface area (Å²) < 4.78 is 9.85. The summed E-state index contributed by atoms with van der Waals surface area (Å²) in [6.45, 7) is 0.842. The predicted molar refractivity (Wildman–Crippen MR) is 142 cm³/mol. The molecular formula is C31H26N2O7. The van der Waals surface area contributed by atoms with Crippen molar-refractivity contribution >= 4 is 35.3 Å². The summed E-state index contributed by atoms with van der Waals surface area (Å²) in [4.78, 5) is 65.5. The number of rotatable bonds is 6. The number of amides is 3. The van der Waals surface area contributed by atoms with Crippen molar-refractivity contribution in [1.29, 1.82) is 0 Å². The molecule has 0 unspecified atom stereocenters. The number of ether oxygens (including phenoxy) is 2. The molecule has 1 heterocycles.